The van der Waals surface area contributed by atoms with Gasteiger partial charge in [-0.15, -0.1) is 0 Å². The lowest BCUT2D eigenvalue weighted by atomic mass is 10.0. The topological polar surface area (TPSA) is 57.6 Å². The summed E-state index contributed by atoms with van der Waals surface area (Å²) in [5, 5.41) is 9.42. The van der Waals surface area contributed by atoms with E-state index >= 15 is 0 Å². The zero-order valence-electron chi connectivity index (χ0n) is 13.1. The largest absolute Gasteiger partial charge is 0.481 e. The molecular weight excluding hydrogens is 326 g/mol. The van der Waals surface area contributed by atoms with Crippen LogP contribution < -0.4 is 0 Å². The van der Waals surface area contributed by atoms with Gasteiger partial charge in [0.25, 0.3) is 5.91 Å². The normalized spacial score (nSPS) is 17.0. The first kappa shape index (κ1) is 16.5. The fourth-order valence-electron chi connectivity index (χ4n) is 3.17. The number of carbonyl (C=O) groups excluding carboxylic acids is 1. The van der Waals surface area contributed by atoms with Crippen LogP contribution in [0.4, 0.5) is 0 Å². The van der Waals surface area contributed by atoms with E-state index < -0.39 is 5.97 Å². The molecule has 0 bridgehead atoms. The van der Waals surface area contributed by atoms with E-state index in [1.165, 1.54) is 0 Å². The van der Waals surface area contributed by atoms with Crippen molar-refractivity contribution in [1.82, 2.24) is 4.90 Å². The van der Waals surface area contributed by atoms with E-state index in [0.29, 0.717) is 23.6 Å². The van der Waals surface area contributed by atoms with Gasteiger partial charge in [0.1, 0.15) is 0 Å². The number of aliphatic carboxylic acids is 1. The fourth-order valence-corrected chi connectivity index (χ4v) is 3.37. The summed E-state index contributed by atoms with van der Waals surface area (Å²) >= 11 is 6.25. The summed E-state index contributed by atoms with van der Waals surface area (Å²) in [5.74, 6) is -1.08. The highest BCUT2D eigenvalue weighted by atomic mass is 35.5. The van der Waals surface area contributed by atoms with Crippen molar-refractivity contribution in [2.45, 2.75) is 25.3 Å². The Morgan fingerprint density at radius 2 is 1.88 bits per heavy atom. The monoisotopic (exact) mass is 343 g/mol. The number of hydrogen-bond acceptors (Lipinski definition) is 2. The molecule has 0 saturated carbocycles. The van der Waals surface area contributed by atoms with Crippen LogP contribution >= 0.6 is 11.6 Å². The Morgan fingerprint density at radius 1 is 1.12 bits per heavy atom. The zero-order chi connectivity index (χ0) is 17.1. The van der Waals surface area contributed by atoms with Gasteiger partial charge in [0, 0.05) is 12.6 Å². The Labute approximate surface area is 145 Å². The molecule has 1 heterocycles. The SMILES string of the molecule is O=C(O)CC1CCCN1C(=O)c1cc(-c2ccccc2)ccc1Cl. The van der Waals surface area contributed by atoms with Crippen LogP contribution in [0, 0.1) is 0 Å². The number of carbonyl (C=O) groups is 2. The number of amides is 1. The van der Waals surface area contributed by atoms with E-state index in [4.69, 9.17) is 16.7 Å². The van der Waals surface area contributed by atoms with Crippen LogP contribution in [0.15, 0.2) is 48.5 Å². The Morgan fingerprint density at radius 3 is 2.58 bits per heavy atom. The molecule has 124 valence electrons. The highest BCUT2D eigenvalue weighted by molar-refractivity contribution is 6.34. The standard InChI is InChI=1S/C19H18ClNO3/c20-17-9-8-14(13-5-2-1-3-6-13)11-16(17)19(24)21-10-4-7-15(21)12-18(22)23/h1-3,5-6,8-9,11,15H,4,7,10,12H2,(H,22,23). The van der Waals surface area contributed by atoms with Crippen molar-refractivity contribution in [1.29, 1.82) is 0 Å². The molecule has 0 radical (unpaired) electrons. The van der Waals surface area contributed by atoms with Gasteiger partial charge in [-0.05, 0) is 36.1 Å². The van der Waals surface area contributed by atoms with Crippen molar-refractivity contribution in [3.63, 3.8) is 0 Å². The van der Waals surface area contributed by atoms with Crippen LogP contribution in [0.2, 0.25) is 5.02 Å². The lowest BCUT2D eigenvalue weighted by Gasteiger charge is -2.24. The quantitative estimate of drug-likeness (QED) is 0.909. The Hall–Kier alpha value is -2.33. The van der Waals surface area contributed by atoms with Gasteiger partial charge in [-0.3, -0.25) is 9.59 Å². The van der Waals surface area contributed by atoms with Crippen LogP contribution in [-0.4, -0.2) is 34.5 Å². The molecule has 0 spiro atoms. The van der Waals surface area contributed by atoms with E-state index in [1.807, 2.05) is 36.4 Å². The lowest BCUT2D eigenvalue weighted by molar-refractivity contribution is -0.137. The van der Waals surface area contributed by atoms with Gasteiger partial charge in [-0.25, -0.2) is 0 Å². The molecule has 1 fully saturated rings. The zero-order valence-corrected chi connectivity index (χ0v) is 13.9. The van der Waals surface area contributed by atoms with E-state index in [-0.39, 0.29) is 18.4 Å². The molecule has 4 nitrogen and oxygen atoms in total. The second-order valence-corrected chi connectivity index (χ2v) is 6.36. The Kier molecular flexibility index (Phi) is 4.86. The highest BCUT2D eigenvalue weighted by Gasteiger charge is 2.31. The number of rotatable bonds is 4. The third-order valence-corrected chi connectivity index (χ3v) is 4.68. The predicted molar refractivity (Wildman–Crippen MR) is 93.2 cm³/mol. The van der Waals surface area contributed by atoms with Crippen molar-refractivity contribution in [3.05, 3.63) is 59.1 Å². The maximum absolute atomic E-state index is 12.9. The van der Waals surface area contributed by atoms with E-state index in [0.717, 1.165) is 17.5 Å². The van der Waals surface area contributed by atoms with Gasteiger partial charge < -0.3 is 10.0 Å². The summed E-state index contributed by atoms with van der Waals surface area (Å²) < 4.78 is 0. The Bertz CT molecular complexity index is 760. The number of nitrogens with zero attached hydrogens (tertiary/aromatic N) is 1. The maximum atomic E-state index is 12.9. The fraction of sp³-hybridized carbons (Fsp3) is 0.263. The van der Waals surface area contributed by atoms with Gasteiger partial charge in [0.05, 0.1) is 17.0 Å². The first-order valence-electron chi connectivity index (χ1n) is 7.94. The minimum atomic E-state index is -0.885. The number of hydrogen-bond donors (Lipinski definition) is 1. The molecule has 5 heteroatoms. The molecule has 2 aromatic carbocycles. The summed E-state index contributed by atoms with van der Waals surface area (Å²) in [6.07, 6.45) is 1.51. The van der Waals surface area contributed by atoms with Crippen LogP contribution in [0.25, 0.3) is 11.1 Å². The summed E-state index contributed by atoms with van der Waals surface area (Å²) in [7, 11) is 0. The molecule has 1 atom stereocenters. The summed E-state index contributed by atoms with van der Waals surface area (Å²) in [4.78, 5) is 25.5. The minimum Gasteiger partial charge on any atom is -0.481 e. The molecule has 0 aromatic heterocycles. The first-order chi connectivity index (χ1) is 11.6. The number of halogens is 1. The van der Waals surface area contributed by atoms with Gasteiger partial charge in [0.15, 0.2) is 0 Å². The predicted octanol–water partition coefficient (Wildman–Crippen LogP) is 4.09. The number of likely N-dealkylation sites (tertiary alicyclic amines) is 1. The summed E-state index contributed by atoms with van der Waals surface area (Å²) in [6, 6.07) is 14.9. The molecule has 1 amide bonds. The maximum Gasteiger partial charge on any atom is 0.305 e. The molecule has 1 aliphatic heterocycles. The molecule has 2 aromatic rings. The van der Waals surface area contributed by atoms with Gasteiger partial charge >= 0.3 is 5.97 Å². The number of carboxylic acid groups (broad SMARTS) is 1. The second kappa shape index (κ2) is 7.05. The van der Waals surface area contributed by atoms with Gasteiger partial charge in [0.2, 0.25) is 0 Å². The molecule has 3 rings (SSSR count). The van der Waals surface area contributed by atoms with Crippen molar-refractivity contribution in [3.8, 4) is 11.1 Å². The van der Waals surface area contributed by atoms with Gasteiger partial charge in [-0.2, -0.15) is 0 Å². The van der Waals surface area contributed by atoms with E-state index in [9.17, 15) is 9.59 Å². The van der Waals surface area contributed by atoms with Crippen molar-refractivity contribution in [2.75, 3.05) is 6.54 Å². The number of benzene rings is 2. The molecule has 24 heavy (non-hydrogen) atoms. The molecule has 0 aliphatic carbocycles. The minimum absolute atomic E-state index is 0.0261. The van der Waals surface area contributed by atoms with Crippen molar-refractivity contribution < 1.29 is 14.7 Å². The van der Waals surface area contributed by atoms with Gasteiger partial charge in [-0.1, -0.05) is 48.0 Å². The van der Waals surface area contributed by atoms with E-state index in [2.05, 4.69) is 0 Å². The third kappa shape index (κ3) is 3.44. The average molecular weight is 344 g/mol. The van der Waals surface area contributed by atoms with Crippen LogP contribution in [-0.2, 0) is 4.79 Å². The molecule has 1 saturated heterocycles. The number of carboxylic acids is 1. The Balaban J connectivity index is 1.91. The summed E-state index contributed by atoms with van der Waals surface area (Å²) in [5.41, 5.74) is 2.35. The molecule has 1 aliphatic rings. The first-order valence-corrected chi connectivity index (χ1v) is 8.32. The molecule has 1 N–H and O–H groups in total. The second-order valence-electron chi connectivity index (χ2n) is 5.95. The van der Waals surface area contributed by atoms with Crippen molar-refractivity contribution >= 4 is 23.5 Å². The van der Waals surface area contributed by atoms with Crippen LogP contribution in [0.1, 0.15) is 29.6 Å². The highest BCUT2D eigenvalue weighted by Crippen LogP contribution is 2.29. The third-order valence-electron chi connectivity index (χ3n) is 4.35. The average Bonchev–Trinajstić information content (AvgIpc) is 3.03. The van der Waals surface area contributed by atoms with Crippen LogP contribution in [0.5, 0.6) is 0 Å². The molecular formula is C19H18ClNO3. The summed E-state index contributed by atoms with van der Waals surface area (Å²) in [6.45, 7) is 0.572. The lowest BCUT2D eigenvalue weighted by Crippen LogP contribution is -2.37. The van der Waals surface area contributed by atoms with E-state index in [1.54, 1.807) is 17.0 Å². The van der Waals surface area contributed by atoms with Crippen molar-refractivity contribution in [2.24, 2.45) is 0 Å². The van der Waals surface area contributed by atoms with Crippen LogP contribution in [0.3, 0.4) is 0 Å². The molecule has 1 unspecified atom stereocenters. The smallest absolute Gasteiger partial charge is 0.305 e.